The van der Waals surface area contributed by atoms with Gasteiger partial charge in [0.05, 0.1) is 23.7 Å². The highest BCUT2D eigenvalue weighted by atomic mass is 16.2. The number of aromatic nitrogens is 2. The van der Waals surface area contributed by atoms with Crippen molar-refractivity contribution >= 4 is 34.2 Å². The number of benzene rings is 2. The quantitative estimate of drug-likeness (QED) is 0.761. The van der Waals surface area contributed by atoms with Gasteiger partial charge < -0.3 is 10.6 Å². The molecule has 2 heterocycles. The summed E-state index contributed by atoms with van der Waals surface area (Å²) in [6.07, 6.45) is 1.83. The molecule has 0 saturated carbocycles. The predicted octanol–water partition coefficient (Wildman–Crippen LogP) is 2.38. The van der Waals surface area contributed by atoms with Crippen molar-refractivity contribution in [1.82, 2.24) is 9.97 Å². The summed E-state index contributed by atoms with van der Waals surface area (Å²) in [5.41, 5.74) is 3.92. The molecule has 6 nitrogen and oxygen atoms in total. The lowest BCUT2D eigenvalue weighted by atomic mass is 10.1. The van der Waals surface area contributed by atoms with Crippen LogP contribution in [-0.2, 0) is 11.2 Å². The lowest BCUT2D eigenvalue weighted by molar-refractivity contribution is -0.115. The van der Waals surface area contributed by atoms with Gasteiger partial charge >= 0.3 is 0 Å². The zero-order valence-electron chi connectivity index (χ0n) is 12.0. The monoisotopic (exact) mass is 304 g/mol. The molecule has 2 amide bonds. The number of carbonyl (C=O) groups excluding carboxylic acids is 2. The average Bonchev–Trinajstić information content (AvgIpc) is 2.93. The molecule has 0 fully saturated rings. The normalized spacial score (nSPS) is 12.8. The molecular weight excluding hydrogens is 292 g/mol. The third kappa shape index (κ3) is 2.50. The van der Waals surface area contributed by atoms with E-state index in [-0.39, 0.29) is 17.5 Å². The Balaban J connectivity index is 1.59. The van der Waals surface area contributed by atoms with Gasteiger partial charge in [0.2, 0.25) is 5.91 Å². The Bertz CT molecular complexity index is 952. The molecule has 6 heteroatoms. The number of rotatable bonds is 2. The van der Waals surface area contributed by atoms with Crippen LogP contribution in [0.3, 0.4) is 0 Å². The van der Waals surface area contributed by atoms with E-state index >= 15 is 0 Å². The van der Waals surface area contributed by atoms with Crippen LogP contribution >= 0.6 is 0 Å². The van der Waals surface area contributed by atoms with Crippen LogP contribution < -0.4 is 10.6 Å². The number of carbonyl (C=O) groups is 2. The van der Waals surface area contributed by atoms with E-state index in [1.807, 2.05) is 30.3 Å². The molecule has 0 aliphatic carbocycles. The lowest BCUT2D eigenvalue weighted by Gasteiger charge is -2.07. The van der Waals surface area contributed by atoms with Crippen LogP contribution in [0.4, 0.5) is 11.4 Å². The first kappa shape index (κ1) is 13.4. The number of hydrogen-bond donors (Lipinski definition) is 2. The molecule has 0 radical (unpaired) electrons. The molecule has 2 aromatic carbocycles. The van der Waals surface area contributed by atoms with Crippen molar-refractivity contribution in [3.63, 3.8) is 0 Å². The first-order chi connectivity index (χ1) is 11.2. The van der Waals surface area contributed by atoms with Gasteiger partial charge in [0.15, 0.2) is 0 Å². The second-order valence-corrected chi connectivity index (χ2v) is 5.29. The average molecular weight is 304 g/mol. The van der Waals surface area contributed by atoms with Crippen molar-refractivity contribution in [1.29, 1.82) is 0 Å². The second kappa shape index (κ2) is 5.17. The van der Waals surface area contributed by atoms with Crippen LogP contribution in [0.2, 0.25) is 0 Å². The van der Waals surface area contributed by atoms with E-state index in [0.29, 0.717) is 17.6 Å². The van der Waals surface area contributed by atoms with Gasteiger partial charge in [0, 0.05) is 11.4 Å². The lowest BCUT2D eigenvalue weighted by Crippen LogP contribution is -2.14. The Morgan fingerprint density at radius 1 is 1.13 bits per heavy atom. The predicted molar refractivity (Wildman–Crippen MR) is 86.3 cm³/mol. The Morgan fingerprint density at radius 3 is 2.83 bits per heavy atom. The second-order valence-electron chi connectivity index (χ2n) is 5.29. The van der Waals surface area contributed by atoms with Gasteiger partial charge in [0.25, 0.3) is 5.91 Å². The maximum Gasteiger partial charge on any atom is 0.275 e. The fraction of sp³-hybridized carbons (Fsp3) is 0.0588. The molecule has 0 atom stereocenters. The number of fused-ring (bicyclic) bond motifs is 2. The highest BCUT2D eigenvalue weighted by molar-refractivity contribution is 6.05. The maximum absolute atomic E-state index is 12.3. The minimum Gasteiger partial charge on any atom is -0.325 e. The molecule has 112 valence electrons. The van der Waals surface area contributed by atoms with Crippen LogP contribution in [0.25, 0.3) is 11.0 Å². The summed E-state index contributed by atoms with van der Waals surface area (Å²) >= 11 is 0. The summed E-state index contributed by atoms with van der Waals surface area (Å²) < 4.78 is 0. The summed E-state index contributed by atoms with van der Waals surface area (Å²) in [6, 6.07) is 12.7. The number of para-hydroxylation sites is 2. The fourth-order valence-corrected chi connectivity index (χ4v) is 2.55. The van der Waals surface area contributed by atoms with Crippen molar-refractivity contribution < 1.29 is 9.59 Å². The minimum atomic E-state index is -0.340. The van der Waals surface area contributed by atoms with Gasteiger partial charge in [-0.2, -0.15) is 0 Å². The van der Waals surface area contributed by atoms with Crippen molar-refractivity contribution in [2.24, 2.45) is 0 Å². The number of nitrogens with one attached hydrogen (secondary N) is 2. The third-order valence-corrected chi connectivity index (χ3v) is 3.67. The van der Waals surface area contributed by atoms with Gasteiger partial charge in [-0.15, -0.1) is 0 Å². The third-order valence-electron chi connectivity index (χ3n) is 3.67. The Hall–Kier alpha value is -3.28. The summed E-state index contributed by atoms with van der Waals surface area (Å²) in [5, 5.41) is 5.53. The number of anilines is 2. The van der Waals surface area contributed by atoms with E-state index < -0.39 is 0 Å². The largest absolute Gasteiger partial charge is 0.325 e. The SMILES string of the molecule is O=C1Cc2ccc(NC(=O)c3cnc4ccccc4n3)cc2N1. The number of hydrogen-bond acceptors (Lipinski definition) is 4. The van der Waals surface area contributed by atoms with Crippen LogP contribution in [0.1, 0.15) is 16.1 Å². The number of nitrogens with zero attached hydrogens (tertiary/aromatic N) is 2. The molecular formula is C17H12N4O2. The Morgan fingerprint density at radius 2 is 1.96 bits per heavy atom. The molecule has 0 bridgehead atoms. The van der Waals surface area contributed by atoms with E-state index in [0.717, 1.165) is 16.8 Å². The van der Waals surface area contributed by atoms with E-state index in [1.165, 1.54) is 6.20 Å². The number of amides is 2. The smallest absolute Gasteiger partial charge is 0.275 e. The summed E-state index contributed by atoms with van der Waals surface area (Å²) in [4.78, 5) is 32.2. The van der Waals surface area contributed by atoms with Crippen LogP contribution in [0, 0.1) is 0 Å². The first-order valence-electron chi connectivity index (χ1n) is 7.15. The molecule has 23 heavy (non-hydrogen) atoms. The highest BCUT2D eigenvalue weighted by Crippen LogP contribution is 2.26. The van der Waals surface area contributed by atoms with Gasteiger partial charge in [-0.3, -0.25) is 14.6 Å². The van der Waals surface area contributed by atoms with E-state index in [2.05, 4.69) is 20.6 Å². The highest BCUT2D eigenvalue weighted by Gasteiger charge is 2.18. The Labute approximate surface area is 131 Å². The zero-order chi connectivity index (χ0) is 15.8. The van der Waals surface area contributed by atoms with Crippen LogP contribution in [0.15, 0.2) is 48.7 Å². The van der Waals surface area contributed by atoms with Crippen LogP contribution in [-0.4, -0.2) is 21.8 Å². The molecule has 0 unspecified atom stereocenters. The van der Waals surface area contributed by atoms with Gasteiger partial charge in [-0.25, -0.2) is 4.98 Å². The van der Waals surface area contributed by atoms with Gasteiger partial charge in [-0.05, 0) is 29.8 Å². The minimum absolute atomic E-state index is 0.0381. The molecule has 1 aromatic heterocycles. The van der Waals surface area contributed by atoms with Crippen LogP contribution in [0.5, 0.6) is 0 Å². The molecule has 1 aliphatic rings. The molecule has 1 aliphatic heterocycles. The molecule has 0 spiro atoms. The van der Waals surface area contributed by atoms with Crippen molar-refractivity contribution in [3.05, 3.63) is 59.9 Å². The molecule has 0 saturated heterocycles. The van der Waals surface area contributed by atoms with Crippen molar-refractivity contribution in [3.8, 4) is 0 Å². The molecule has 2 N–H and O–H groups in total. The fourth-order valence-electron chi connectivity index (χ4n) is 2.55. The van der Waals surface area contributed by atoms with E-state index in [1.54, 1.807) is 12.1 Å². The van der Waals surface area contributed by atoms with Crippen molar-refractivity contribution in [2.45, 2.75) is 6.42 Å². The van der Waals surface area contributed by atoms with E-state index in [4.69, 9.17) is 0 Å². The topological polar surface area (TPSA) is 84.0 Å². The van der Waals surface area contributed by atoms with Gasteiger partial charge in [0.1, 0.15) is 5.69 Å². The standard InChI is InChI=1S/C17H12N4O2/c22-16-7-10-5-6-11(8-14(10)21-16)19-17(23)15-9-18-12-3-1-2-4-13(12)20-15/h1-6,8-9H,7H2,(H,19,23)(H,21,22). The van der Waals surface area contributed by atoms with Crippen molar-refractivity contribution in [2.75, 3.05) is 10.6 Å². The summed E-state index contributed by atoms with van der Waals surface area (Å²) in [5.74, 6) is -0.378. The zero-order valence-corrected chi connectivity index (χ0v) is 12.0. The van der Waals surface area contributed by atoms with E-state index in [9.17, 15) is 9.59 Å². The molecule has 3 aromatic rings. The van der Waals surface area contributed by atoms with Gasteiger partial charge in [-0.1, -0.05) is 18.2 Å². The molecule has 4 rings (SSSR count). The Kier molecular flexibility index (Phi) is 3.01. The maximum atomic E-state index is 12.3. The summed E-state index contributed by atoms with van der Waals surface area (Å²) in [7, 11) is 0. The summed E-state index contributed by atoms with van der Waals surface area (Å²) in [6.45, 7) is 0. The first-order valence-corrected chi connectivity index (χ1v) is 7.15.